The quantitative estimate of drug-likeness (QED) is 0.748. The first kappa shape index (κ1) is 14.6. The zero-order valence-electron chi connectivity index (χ0n) is 12.5. The smallest absolute Gasteiger partial charge is 0.203 e. The number of hydrogen-bond acceptors (Lipinski definition) is 4. The molecule has 1 N–H and O–H groups in total. The molecule has 0 spiro atoms. The highest BCUT2D eigenvalue weighted by molar-refractivity contribution is 5.28. The minimum Gasteiger partial charge on any atom is -0.382 e. The number of nitrogens with one attached hydrogen (secondary N) is 1. The maximum absolute atomic E-state index is 5.32. The lowest BCUT2D eigenvalue weighted by Crippen LogP contribution is -2.11. The predicted molar refractivity (Wildman–Crippen MR) is 78.9 cm³/mol. The number of rotatable bonds is 8. The molecule has 6 heteroatoms. The lowest BCUT2D eigenvalue weighted by molar-refractivity contribution is 0.147. The summed E-state index contributed by atoms with van der Waals surface area (Å²) in [4.78, 5) is 4.35. The van der Waals surface area contributed by atoms with Crippen LogP contribution in [0.3, 0.4) is 0 Å². The molecule has 20 heavy (non-hydrogen) atoms. The van der Waals surface area contributed by atoms with Crippen LogP contribution in [0.1, 0.15) is 24.6 Å². The Kier molecular flexibility index (Phi) is 5.17. The van der Waals surface area contributed by atoms with Gasteiger partial charge in [0.25, 0.3) is 0 Å². The summed E-state index contributed by atoms with van der Waals surface area (Å²) in [7, 11) is 1.94. The second kappa shape index (κ2) is 7.09. The Morgan fingerprint density at radius 3 is 2.95 bits per heavy atom. The molecule has 0 aliphatic heterocycles. The monoisotopic (exact) mass is 277 g/mol. The molecule has 2 aromatic rings. The molecule has 110 valence electrons. The summed E-state index contributed by atoms with van der Waals surface area (Å²) in [6.45, 7) is 7.25. The molecule has 6 nitrogen and oxygen atoms in total. The van der Waals surface area contributed by atoms with E-state index < -0.39 is 0 Å². The average Bonchev–Trinajstić information content (AvgIpc) is 2.97. The summed E-state index contributed by atoms with van der Waals surface area (Å²) >= 11 is 0. The number of anilines is 1. The van der Waals surface area contributed by atoms with E-state index in [9.17, 15) is 0 Å². The number of imidazole rings is 1. The summed E-state index contributed by atoms with van der Waals surface area (Å²) in [6.07, 6.45) is 6.83. The van der Waals surface area contributed by atoms with Gasteiger partial charge in [0.1, 0.15) is 0 Å². The molecular formula is C14H23N5O. The van der Waals surface area contributed by atoms with Crippen LogP contribution in [-0.4, -0.2) is 39.1 Å². The summed E-state index contributed by atoms with van der Waals surface area (Å²) in [5.74, 6) is 0.893. The van der Waals surface area contributed by atoms with Gasteiger partial charge in [0.15, 0.2) is 0 Å². The standard InChI is InChI=1S/C14H23N5O/c1-4-20-9-5-6-15-14-16-7-8-19(14)11-13-10-18(3)17-12(13)2/h7-8,10H,4-6,9,11H2,1-3H3,(H,15,16). The van der Waals surface area contributed by atoms with E-state index in [0.29, 0.717) is 0 Å². The Labute approximate surface area is 119 Å². The molecule has 0 saturated heterocycles. The van der Waals surface area contributed by atoms with Crippen molar-refractivity contribution in [3.63, 3.8) is 0 Å². The fraction of sp³-hybridized carbons (Fsp3) is 0.571. The van der Waals surface area contributed by atoms with Crippen LogP contribution in [-0.2, 0) is 18.3 Å². The second-order valence-electron chi connectivity index (χ2n) is 4.77. The third-order valence-electron chi connectivity index (χ3n) is 3.12. The summed E-state index contributed by atoms with van der Waals surface area (Å²) in [6, 6.07) is 0. The van der Waals surface area contributed by atoms with Crippen molar-refractivity contribution in [2.24, 2.45) is 7.05 Å². The van der Waals surface area contributed by atoms with E-state index in [-0.39, 0.29) is 0 Å². The largest absolute Gasteiger partial charge is 0.382 e. The summed E-state index contributed by atoms with van der Waals surface area (Å²) in [5.41, 5.74) is 2.27. The molecule has 0 bridgehead atoms. The average molecular weight is 277 g/mol. The van der Waals surface area contributed by atoms with E-state index in [1.54, 1.807) is 0 Å². The van der Waals surface area contributed by atoms with Crippen LogP contribution in [0, 0.1) is 6.92 Å². The van der Waals surface area contributed by atoms with E-state index in [1.165, 1.54) is 5.56 Å². The number of aryl methyl sites for hydroxylation is 2. The van der Waals surface area contributed by atoms with Crippen molar-refractivity contribution >= 4 is 5.95 Å². The summed E-state index contributed by atoms with van der Waals surface area (Å²) < 4.78 is 9.26. The van der Waals surface area contributed by atoms with Crippen LogP contribution in [0.2, 0.25) is 0 Å². The van der Waals surface area contributed by atoms with Crippen LogP contribution >= 0.6 is 0 Å². The van der Waals surface area contributed by atoms with Crippen molar-refractivity contribution in [1.82, 2.24) is 19.3 Å². The second-order valence-corrected chi connectivity index (χ2v) is 4.77. The Hall–Kier alpha value is -1.82. The molecule has 0 saturated carbocycles. The van der Waals surface area contributed by atoms with Crippen LogP contribution in [0.15, 0.2) is 18.6 Å². The first-order valence-corrected chi connectivity index (χ1v) is 7.02. The van der Waals surface area contributed by atoms with Crippen molar-refractivity contribution < 1.29 is 4.74 Å². The highest BCUT2D eigenvalue weighted by Gasteiger charge is 2.07. The van der Waals surface area contributed by atoms with E-state index >= 15 is 0 Å². The Balaban J connectivity index is 1.90. The van der Waals surface area contributed by atoms with Crippen LogP contribution < -0.4 is 5.32 Å². The van der Waals surface area contributed by atoms with Crippen LogP contribution in [0.25, 0.3) is 0 Å². The molecule has 0 aliphatic rings. The van der Waals surface area contributed by atoms with E-state index in [4.69, 9.17) is 4.74 Å². The van der Waals surface area contributed by atoms with E-state index in [0.717, 1.165) is 44.4 Å². The van der Waals surface area contributed by atoms with Crippen molar-refractivity contribution in [3.8, 4) is 0 Å². The third-order valence-corrected chi connectivity index (χ3v) is 3.12. The molecule has 0 amide bonds. The Morgan fingerprint density at radius 1 is 1.40 bits per heavy atom. The Morgan fingerprint density at radius 2 is 2.25 bits per heavy atom. The molecule has 2 rings (SSSR count). The first-order chi connectivity index (χ1) is 9.70. The number of hydrogen-bond donors (Lipinski definition) is 1. The van der Waals surface area contributed by atoms with Gasteiger partial charge in [-0.3, -0.25) is 4.68 Å². The van der Waals surface area contributed by atoms with Crippen molar-refractivity contribution in [2.75, 3.05) is 25.1 Å². The van der Waals surface area contributed by atoms with Gasteiger partial charge in [-0.05, 0) is 20.3 Å². The van der Waals surface area contributed by atoms with Gasteiger partial charge in [0.2, 0.25) is 5.95 Å². The van der Waals surface area contributed by atoms with Gasteiger partial charge < -0.3 is 14.6 Å². The van der Waals surface area contributed by atoms with Crippen molar-refractivity contribution in [2.45, 2.75) is 26.8 Å². The SMILES string of the molecule is CCOCCCNc1nccn1Cc1cn(C)nc1C. The minimum absolute atomic E-state index is 0.773. The van der Waals surface area contributed by atoms with Gasteiger partial charge in [0.05, 0.1) is 12.2 Å². The highest BCUT2D eigenvalue weighted by Crippen LogP contribution is 2.11. The molecule has 0 radical (unpaired) electrons. The normalized spacial score (nSPS) is 10.9. The molecule has 0 aliphatic carbocycles. The lowest BCUT2D eigenvalue weighted by Gasteiger charge is -2.09. The lowest BCUT2D eigenvalue weighted by atomic mass is 10.2. The molecule has 2 aromatic heterocycles. The van der Waals surface area contributed by atoms with Crippen LogP contribution in [0.5, 0.6) is 0 Å². The third kappa shape index (κ3) is 3.84. The van der Waals surface area contributed by atoms with Gasteiger partial charge in [-0.15, -0.1) is 0 Å². The fourth-order valence-corrected chi connectivity index (χ4v) is 2.11. The molecule has 0 fully saturated rings. The van der Waals surface area contributed by atoms with Gasteiger partial charge in [-0.25, -0.2) is 4.98 Å². The van der Waals surface area contributed by atoms with E-state index in [2.05, 4.69) is 20.0 Å². The topological polar surface area (TPSA) is 56.9 Å². The Bertz CT molecular complexity index is 531. The molecule has 0 aromatic carbocycles. The molecule has 0 unspecified atom stereocenters. The van der Waals surface area contributed by atoms with Crippen LogP contribution in [0.4, 0.5) is 5.95 Å². The predicted octanol–water partition coefficient (Wildman–Crippen LogP) is 1.81. The van der Waals surface area contributed by atoms with Gasteiger partial charge in [-0.1, -0.05) is 0 Å². The maximum Gasteiger partial charge on any atom is 0.203 e. The number of ether oxygens (including phenoxy) is 1. The minimum atomic E-state index is 0.773. The zero-order valence-corrected chi connectivity index (χ0v) is 12.5. The molecule has 0 atom stereocenters. The molecule has 2 heterocycles. The molecular weight excluding hydrogens is 254 g/mol. The summed E-state index contributed by atoms with van der Waals surface area (Å²) in [5, 5.41) is 7.71. The first-order valence-electron chi connectivity index (χ1n) is 7.02. The van der Waals surface area contributed by atoms with E-state index in [1.807, 2.05) is 44.2 Å². The van der Waals surface area contributed by atoms with Crippen molar-refractivity contribution in [3.05, 3.63) is 29.8 Å². The fourth-order valence-electron chi connectivity index (χ4n) is 2.11. The van der Waals surface area contributed by atoms with Gasteiger partial charge in [0, 0.05) is 51.0 Å². The maximum atomic E-state index is 5.32. The van der Waals surface area contributed by atoms with Gasteiger partial charge in [-0.2, -0.15) is 5.10 Å². The number of nitrogens with zero attached hydrogens (tertiary/aromatic N) is 4. The zero-order chi connectivity index (χ0) is 14.4. The number of aromatic nitrogens is 4. The highest BCUT2D eigenvalue weighted by atomic mass is 16.5. The van der Waals surface area contributed by atoms with Crippen molar-refractivity contribution in [1.29, 1.82) is 0 Å². The van der Waals surface area contributed by atoms with Gasteiger partial charge >= 0.3 is 0 Å².